The number of hydrogen-bond acceptors (Lipinski definition) is 5. The van der Waals surface area contributed by atoms with Crippen molar-refractivity contribution in [3.8, 4) is 0 Å². The number of nitrogens with one attached hydrogen (secondary N) is 1. The van der Waals surface area contributed by atoms with E-state index in [1.54, 1.807) is 0 Å². The van der Waals surface area contributed by atoms with Gasteiger partial charge < -0.3 is 15.1 Å². The number of carbonyl (C=O) groups excluding carboxylic acids is 1. The van der Waals surface area contributed by atoms with E-state index >= 15 is 0 Å². The van der Waals surface area contributed by atoms with Crippen LogP contribution in [0.1, 0.15) is 37.7 Å². The van der Waals surface area contributed by atoms with E-state index in [4.69, 9.17) is 0 Å². The molecule has 1 unspecified atom stereocenters. The van der Waals surface area contributed by atoms with Crippen LogP contribution < -0.4 is 10.2 Å². The standard InChI is InChI=1S/C17H24F3N5O/c18-17(19,20)13-11-22-16(23-12-13)25-9-7-24(8-10-25)15(26)5-4-14-3-1-2-6-21-14/h11-12,14,21H,1-10H2. The summed E-state index contributed by atoms with van der Waals surface area (Å²) in [6.45, 7) is 3.17. The fourth-order valence-corrected chi connectivity index (χ4v) is 3.41. The zero-order valence-electron chi connectivity index (χ0n) is 14.6. The van der Waals surface area contributed by atoms with Crippen molar-refractivity contribution in [2.75, 3.05) is 37.6 Å². The Kier molecular flexibility index (Phi) is 5.95. The molecule has 6 nitrogen and oxygen atoms in total. The molecule has 2 saturated heterocycles. The molecular weight excluding hydrogens is 347 g/mol. The van der Waals surface area contributed by atoms with Crippen LogP contribution in [-0.2, 0) is 11.0 Å². The molecule has 2 fully saturated rings. The number of rotatable bonds is 4. The molecular formula is C17H24F3N5O. The molecule has 1 atom stereocenters. The second-order valence-electron chi connectivity index (χ2n) is 6.82. The number of nitrogens with zero attached hydrogens (tertiary/aromatic N) is 4. The first-order valence-corrected chi connectivity index (χ1v) is 9.09. The SMILES string of the molecule is O=C(CCC1CCCCN1)N1CCN(c2ncc(C(F)(F)F)cn2)CC1. The van der Waals surface area contributed by atoms with Gasteiger partial charge in [-0.3, -0.25) is 4.79 Å². The van der Waals surface area contributed by atoms with Crippen molar-refractivity contribution in [3.05, 3.63) is 18.0 Å². The number of halogens is 3. The van der Waals surface area contributed by atoms with Gasteiger partial charge in [0.25, 0.3) is 0 Å². The zero-order chi connectivity index (χ0) is 18.6. The molecule has 1 N–H and O–H groups in total. The number of piperidine rings is 1. The quantitative estimate of drug-likeness (QED) is 0.878. The summed E-state index contributed by atoms with van der Waals surface area (Å²) in [5, 5.41) is 3.45. The first kappa shape index (κ1) is 18.9. The lowest BCUT2D eigenvalue weighted by Gasteiger charge is -2.35. The van der Waals surface area contributed by atoms with Crippen molar-refractivity contribution in [2.24, 2.45) is 0 Å². The molecule has 2 aliphatic rings. The van der Waals surface area contributed by atoms with Crippen molar-refractivity contribution >= 4 is 11.9 Å². The molecule has 144 valence electrons. The fourth-order valence-electron chi connectivity index (χ4n) is 3.41. The fraction of sp³-hybridized carbons (Fsp3) is 0.706. The van der Waals surface area contributed by atoms with E-state index < -0.39 is 11.7 Å². The molecule has 1 aromatic rings. The molecule has 0 saturated carbocycles. The third-order valence-corrected chi connectivity index (χ3v) is 5.00. The smallest absolute Gasteiger partial charge is 0.339 e. The summed E-state index contributed by atoms with van der Waals surface area (Å²) in [5.41, 5.74) is -0.855. The summed E-state index contributed by atoms with van der Waals surface area (Å²) < 4.78 is 37.7. The highest BCUT2D eigenvalue weighted by atomic mass is 19.4. The lowest BCUT2D eigenvalue weighted by molar-refractivity contribution is -0.138. The molecule has 26 heavy (non-hydrogen) atoms. The van der Waals surface area contributed by atoms with Crippen LogP contribution in [0.4, 0.5) is 19.1 Å². The molecule has 0 radical (unpaired) electrons. The maximum absolute atomic E-state index is 12.6. The van der Waals surface area contributed by atoms with Crippen molar-refractivity contribution in [3.63, 3.8) is 0 Å². The van der Waals surface area contributed by atoms with Crippen LogP contribution in [0.15, 0.2) is 12.4 Å². The van der Waals surface area contributed by atoms with Gasteiger partial charge in [0.2, 0.25) is 11.9 Å². The molecule has 3 rings (SSSR count). The van der Waals surface area contributed by atoms with Crippen LogP contribution >= 0.6 is 0 Å². The van der Waals surface area contributed by atoms with Crippen LogP contribution in [0.5, 0.6) is 0 Å². The van der Waals surface area contributed by atoms with Gasteiger partial charge in [0.15, 0.2) is 0 Å². The highest BCUT2D eigenvalue weighted by Gasteiger charge is 2.32. The first-order chi connectivity index (χ1) is 12.4. The minimum Gasteiger partial charge on any atom is -0.339 e. The van der Waals surface area contributed by atoms with E-state index in [9.17, 15) is 18.0 Å². The van der Waals surface area contributed by atoms with E-state index in [1.807, 2.05) is 9.80 Å². The van der Waals surface area contributed by atoms with Gasteiger partial charge in [0.1, 0.15) is 0 Å². The van der Waals surface area contributed by atoms with Crippen LogP contribution in [0, 0.1) is 0 Å². The lowest BCUT2D eigenvalue weighted by atomic mass is 10.0. The minimum atomic E-state index is -4.43. The number of carbonyl (C=O) groups is 1. The molecule has 0 spiro atoms. The molecule has 3 heterocycles. The Labute approximate surface area is 150 Å². The first-order valence-electron chi connectivity index (χ1n) is 9.09. The molecule has 9 heteroatoms. The van der Waals surface area contributed by atoms with E-state index in [1.165, 1.54) is 12.8 Å². The molecule has 0 aliphatic carbocycles. The van der Waals surface area contributed by atoms with Gasteiger partial charge in [-0.2, -0.15) is 13.2 Å². The van der Waals surface area contributed by atoms with E-state index in [0.29, 0.717) is 38.6 Å². The number of alkyl halides is 3. The Balaban J connectivity index is 1.45. The van der Waals surface area contributed by atoms with E-state index in [0.717, 1.165) is 31.8 Å². The number of amides is 1. The highest BCUT2D eigenvalue weighted by Crippen LogP contribution is 2.28. The van der Waals surface area contributed by atoms with Crippen LogP contribution in [-0.4, -0.2) is 59.5 Å². The molecule has 2 aliphatic heterocycles. The molecule has 1 amide bonds. The average Bonchev–Trinajstić information content (AvgIpc) is 2.66. The predicted molar refractivity (Wildman–Crippen MR) is 90.7 cm³/mol. The van der Waals surface area contributed by atoms with Crippen LogP contribution in [0.25, 0.3) is 0 Å². The number of anilines is 1. The molecule has 0 bridgehead atoms. The van der Waals surface area contributed by atoms with Crippen molar-refractivity contribution < 1.29 is 18.0 Å². The van der Waals surface area contributed by atoms with Crippen molar-refractivity contribution in [1.82, 2.24) is 20.2 Å². The van der Waals surface area contributed by atoms with E-state index in [-0.39, 0.29) is 11.9 Å². The van der Waals surface area contributed by atoms with E-state index in [2.05, 4.69) is 15.3 Å². The van der Waals surface area contributed by atoms with Gasteiger partial charge in [-0.05, 0) is 25.8 Å². The number of hydrogen-bond donors (Lipinski definition) is 1. The topological polar surface area (TPSA) is 61.4 Å². The summed E-state index contributed by atoms with van der Waals surface area (Å²) in [5.74, 6) is 0.418. The molecule has 0 aromatic carbocycles. The van der Waals surface area contributed by atoms with Crippen LogP contribution in [0.2, 0.25) is 0 Å². The van der Waals surface area contributed by atoms with Gasteiger partial charge >= 0.3 is 6.18 Å². The van der Waals surface area contributed by atoms with Gasteiger partial charge in [-0.25, -0.2) is 9.97 Å². The predicted octanol–water partition coefficient (Wildman–Crippen LogP) is 2.07. The Morgan fingerprint density at radius 1 is 1.15 bits per heavy atom. The summed E-state index contributed by atoms with van der Waals surface area (Å²) >= 11 is 0. The third-order valence-electron chi connectivity index (χ3n) is 5.00. The second-order valence-corrected chi connectivity index (χ2v) is 6.82. The third kappa shape index (κ3) is 4.84. The van der Waals surface area contributed by atoms with Crippen LogP contribution in [0.3, 0.4) is 0 Å². The van der Waals surface area contributed by atoms with Gasteiger partial charge in [-0.15, -0.1) is 0 Å². The zero-order valence-corrected chi connectivity index (χ0v) is 14.6. The van der Waals surface area contributed by atoms with Crippen molar-refractivity contribution in [1.29, 1.82) is 0 Å². The number of aromatic nitrogens is 2. The Morgan fingerprint density at radius 2 is 1.85 bits per heavy atom. The maximum atomic E-state index is 12.6. The number of piperazine rings is 1. The summed E-state index contributed by atoms with van der Waals surface area (Å²) in [6.07, 6.45) is 2.13. The van der Waals surface area contributed by atoms with Crippen molar-refractivity contribution in [2.45, 2.75) is 44.3 Å². The summed E-state index contributed by atoms with van der Waals surface area (Å²) in [4.78, 5) is 23.6. The molecule has 1 aromatic heterocycles. The largest absolute Gasteiger partial charge is 0.419 e. The highest BCUT2D eigenvalue weighted by molar-refractivity contribution is 5.76. The average molecular weight is 371 g/mol. The van der Waals surface area contributed by atoms with Gasteiger partial charge in [0.05, 0.1) is 5.56 Å². The summed E-state index contributed by atoms with van der Waals surface area (Å²) in [7, 11) is 0. The maximum Gasteiger partial charge on any atom is 0.419 e. The minimum absolute atomic E-state index is 0.144. The lowest BCUT2D eigenvalue weighted by Crippen LogP contribution is -2.49. The Morgan fingerprint density at radius 3 is 2.42 bits per heavy atom. The second kappa shape index (κ2) is 8.20. The van der Waals surface area contributed by atoms with Gasteiger partial charge in [0, 0.05) is 51.0 Å². The monoisotopic (exact) mass is 371 g/mol. The van der Waals surface area contributed by atoms with Gasteiger partial charge in [-0.1, -0.05) is 6.42 Å². The normalized spacial score (nSPS) is 21.7. The Hall–Kier alpha value is -1.90. The summed E-state index contributed by atoms with van der Waals surface area (Å²) in [6, 6.07) is 0.439. The Bertz CT molecular complexity index is 593.